The SMILES string of the molecule is CC1(C)CN(Cc2nc(C(=O)O)co2)C1. The van der Waals surface area contributed by atoms with E-state index in [4.69, 9.17) is 9.52 Å². The lowest BCUT2D eigenvalue weighted by atomic mass is 9.84. The first-order valence-corrected chi connectivity index (χ1v) is 4.86. The number of aromatic carboxylic acids is 1. The summed E-state index contributed by atoms with van der Waals surface area (Å²) in [6.07, 6.45) is 1.18. The summed E-state index contributed by atoms with van der Waals surface area (Å²) < 4.78 is 5.07. The Bertz CT molecular complexity index is 376. The van der Waals surface area contributed by atoms with Crippen LogP contribution in [0.5, 0.6) is 0 Å². The van der Waals surface area contributed by atoms with Gasteiger partial charge in [0.15, 0.2) is 5.69 Å². The highest BCUT2D eigenvalue weighted by molar-refractivity contribution is 5.84. The number of hydrogen-bond acceptors (Lipinski definition) is 4. The Morgan fingerprint density at radius 3 is 2.80 bits per heavy atom. The number of hydrogen-bond donors (Lipinski definition) is 1. The van der Waals surface area contributed by atoms with Crippen LogP contribution in [0, 0.1) is 5.41 Å². The molecule has 1 fully saturated rings. The number of carbonyl (C=O) groups is 1. The predicted octanol–water partition coefficient (Wildman–Crippen LogP) is 1.21. The van der Waals surface area contributed by atoms with Gasteiger partial charge in [0.05, 0.1) is 6.54 Å². The molecule has 1 N–H and O–H groups in total. The lowest BCUT2D eigenvalue weighted by Crippen LogP contribution is -2.52. The number of rotatable bonds is 3. The maximum absolute atomic E-state index is 10.6. The Morgan fingerprint density at radius 2 is 2.33 bits per heavy atom. The zero-order valence-corrected chi connectivity index (χ0v) is 8.86. The Hall–Kier alpha value is -1.36. The summed E-state index contributed by atoms with van der Waals surface area (Å²) in [6.45, 7) is 6.98. The highest BCUT2D eigenvalue weighted by Crippen LogP contribution is 2.29. The van der Waals surface area contributed by atoms with E-state index in [2.05, 4.69) is 23.7 Å². The van der Waals surface area contributed by atoms with E-state index in [1.54, 1.807) is 0 Å². The van der Waals surface area contributed by atoms with Crippen LogP contribution in [-0.2, 0) is 6.54 Å². The van der Waals surface area contributed by atoms with Crippen molar-refractivity contribution in [2.45, 2.75) is 20.4 Å². The topological polar surface area (TPSA) is 66.6 Å². The minimum absolute atomic E-state index is 0.0233. The van der Waals surface area contributed by atoms with Crippen LogP contribution in [0.3, 0.4) is 0 Å². The highest BCUT2D eigenvalue weighted by Gasteiger charge is 2.34. The van der Waals surface area contributed by atoms with Gasteiger partial charge >= 0.3 is 5.97 Å². The van der Waals surface area contributed by atoms with Crippen LogP contribution in [0.1, 0.15) is 30.2 Å². The van der Waals surface area contributed by atoms with E-state index >= 15 is 0 Å². The molecule has 0 aliphatic carbocycles. The monoisotopic (exact) mass is 210 g/mol. The predicted molar refractivity (Wildman–Crippen MR) is 52.5 cm³/mol. The Morgan fingerprint density at radius 1 is 1.67 bits per heavy atom. The first kappa shape index (κ1) is 10.2. The number of carboxylic acids is 1. The van der Waals surface area contributed by atoms with E-state index in [0.29, 0.717) is 17.9 Å². The summed E-state index contributed by atoms with van der Waals surface area (Å²) in [6, 6.07) is 0. The van der Waals surface area contributed by atoms with Crippen molar-refractivity contribution in [3.63, 3.8) is 0 Å². The molecule has 1 aliphatic heterocycles. The average molecular weight is 210 g/mol. The molecular formula is C10H14N2O3. The second-order valence-corrected chi connectivity index (χ2v) is 4.74. The third kappa shape index (κ3) is 2.18. The van der Waals surface area contributed by atoms with Gasteiger partial charge in [-0.15, -0.1) is 0 Å². The van der Waals surface area contributed by atoms with Gasteiger partial charge in [0, 0.05) is 13.1 Å². The average Bonchev–Trinajstić information content (AvgIpc) is 2.49. The minimum Gasteiger partial charge on any atom is -0.476 e. The normalized spacial score (nSPS) is 19.9. The van der Waals surface area contributed by atoms with Gasteiger partial charge in [-0.05, 0) is 5.41 Å². The quantitative estimate of drug-likeness (QED) is 0.812. The lowest BCUT2D eigenvalue weighted by Gasteiger charge is -2.45. The molecule has 1 saturated heterocycles. The maximum Gasteiger partial charge on any atom is 0.357 e. The Labute approximate surface area is 87.7 Å². The van der Waals surface area contributed by atoms with Gasteiger partial charge in [-0.3, -0.25) is 4.90 Å². The third-order valence-electron chi connectivity index (χ3n) is 2.43. The van der Waals surface area contributed by atoms with E-state index in [9.17, 15) is 4.79 Å². The summed E-state index contributed by atoms with van der Waals surface area (Å²) in [4.78, 5) is 16.6. The molecule has 2 rings (SSSR count). The molecule has 0 saturated carbocycles. The van der Waals surface area contributed by atoms with E-state index in [1.165, 1.54) is 6.26 Å². The maximum atomic E-state index is 10.6. The summed E-state index contributed by atoms with van der Waals surface area (Å²) >= 11 is 0. The zero-order chi connectivity index (χ0) is 11.1. The van der Waals surface area contributed by atoms with Crippen molar-refractivity contribution < 1.29 is 14.3 Å². The van der Waals surface area contributed by atoms with Crippen LogP contribution in [0.4, 0.5) is 0 Å². The van der Waals surface area contributed by atoms with Crippen LogP contribution in [0.15, 0.2) is 10.7 Å². The molecule has 5 nitrogen and oxygen atoms in total. The van der Waals surface area contributed by atoms with Gasteiger partial charge in [0.1, 0.15) is 6.26 Å². The number of oxazole rings is 1. The summed E-state index contributed by atoms with van der Waals surface area (Å²) in [5.41, 5.74) is 0.340. The van der Waals surface area contributed by atoms with Gasteiger partial charge in [-0.1, -0.05) is 13.8 Å². The van der Waals surface area contributed by atoms with Crippen molar-refractivity contribution in [1.29, 1.82) is 0 Å². The molecule has 5 heteroatoms. The summed E-state index contributed by atoms with van der Waals surface area (Å²) in [5.74, 6) is -0.572. The lowest BCUT2D eigenvalue weighted by molar-refractivity contribution is 0.0177. The molecule has 1 aliphatic rings. The first-order chi connectivity index (χ1) is 6.96. The highest BCUT2D eigenvalue weighted by atomic mass is 16.4. The van der Waals surface area contributed by atoms with Gasteiger partial charge in [-0.2, -0.15) is 0 Å². The molecule has 15 heavy (non-hydrogen) atoms. The number of nitrogens with zero attached hydrogens (tertiary/aromatic N) is 2. The molecular weight excluding hydrogens is 196 g/mol. The van der Waals surface area contributed by atoms with E-state index in [-0.39, 0.29) is 5.69 Å². The largest absolute Gasteiger partial charge is 0.476 e. The third-order valence-corrected chi connectivity index (χ3v) is 2.43. The van der Waals surface area contributed by atoms with Crippen LogP contribution in [0.2, 0.25) is 0 Å². The smallest absolute Gasteiger partial charge is 0.357 e. The van der Waals surface area contributed by atoms with Crippen LogP contribution in [-0.4, -0.2) is 34.0 Å². The second-order valence-electron chi connectivity index (χ2n) is 4.74. The number of aromatic nitrogens is 1. The fourth-order valence-corrected chi connectivity index (χ4v) is 1.95. The molecule has 1 aromatic rings. The number of likely N-dealkylation sites (tertiary alicyclic amines) is 1. The standard InChI is InChI=1S/C10H14N2O3/c1-10(2)5-12(6-10)3-8-11-7(4-15-8)9(13)14/h4H,3,5-6H2,1-2H3,(H,13,14). The Kier molecular flexibility index (Phi) is 2.26. The molecule has 0 amide bonds. The van der Waals surface area contributed by atoms with Gasteiger partial charge < -0.3 is 9.52 Å². The molecule has 0 bridgehead atoms. The fourth-order valence-electron chi connectivity index (χ4n) is 1.95. The van der Waals surface area contributed by atoms with Gasteiger partial charge in [-0.25, -0.2) is 9.78 Å². The van der Waals surface area contributed by atoms with Crippen molar-refractivity contribution in [3.8, 4) is 0 Å². The van der Waals surface area contributed by atoms with E-state index < -0.39 is 5.97 Å². The molecule has 0 radical (unpaired) electrons. The molecule has 0 spiro atoms. The fraction of sp³-hybridized carbons (Fsp3) is 0.600. The van der Waals surface area contributed by atoms with Gasteiger partial charge in [0.25, 0.3) is 0 Å². The molecule has 82 valence electrons. The van der Waals surface area contributed by atoms with E-state index in [1.807, 2.05) is 0 Å². The summed E-state index contributed by atoms with van der Waals surface area (Å²) in [5, 5.41) is 8.65. The van der Waals surface area contributed by atoms with Crippen LogP contribution in [0.25, 0.3) is 0 Å². The van der Waals surface area contributed by atoms with Gasteiger partial charge in [0.2, 0.25) is 5.89 Å². The molecule has 1 aromatic heterocycles. The Balaban J connectivity index is 1.92. The summed E-state index contributed by atoms with van der Waals surface area (Å²) in [7, 11) is 0. The van der Waals surface area contributed by atoms with Crippen molar-refractivity contribution >= 4 is 5.97 Å². The molecule has 0 unspecified atom stereocenters. The van der Waals surface area contributed by atoms with Crippen molar-refractivity contribution in [3.05, 3.63) is 17.8 Å². The van der Waals surface area contributed by atoms with E-state index in [0.717, 1.165) is 13.1 Å². The first-order valence-electron chi connectivity index (χ1n) is 4.86. The second kappa shape index (κ2) is 3.34. The van der Waals surface area contributed by atoms with Crippen molar-refractivity contribution in [2.75, 3.05) is 13.1 Å². The minimum atomic E-state index is -1.05. The van der Waals surface area contributed by atoms with Crippen LogP contribution < -0.4 is 0 Å². The molecule has 2 heterocycles. The van der Waals surface area contributed by atoms with Crippen molar-refractivity contribution in [1.82, 2.24) is 9.88 Å². The zero-order valence-electron chi connectivity index (χ0n) is 8.86. The molecule has 0 aromatic carbocycles. The number of carboxylic acid groups (broad SMARTS) is 1. The van der Waals surface area contributed by atoms with Crippen molar-refractivity contribution in [2.24, 2.45) is 5.41 Å². The molecule has 0 atom stereocenters. The van der Waals surface area contributed by atoms with Crippen LogP contribution >= 0.6 is 0 Å².